The van der Waals surface area contributed by atoms with Crippen molar-refractivity contribution in [3.63, 3.8) is 0 Å². The van der Waals surface area contributed by atoms with E-state index in [1.807, 2.05) is 26.2 Å². The molecule has 1 heterocycles. The molecule has 2 aromatic rings. The topological polar surface area (TPSA) is 55.3 Å². The fraction of sp³-hybridized carbons (Fsp3) is 0.267. The number of nitrogens with zero attached hydrogens (tertiary/aromatic N) is 3. The number of carbonyl (C=O) groups excluding carboxylic acids is 1. The number of carbonyl (C=O) groups is 1. The van der Waals surface area contributed by atoms with Gasteiger partial charge in [-0.1, -0.05) is 11.6 Å². The van der Waals surface area contributed by atoms with Crippen molar-refractivity contribution in [2.75, 3.05) is 25.6 Å². The van der Waals surface area contributed by atoms with Crippen molar-refractivity contribution in [3.8, 4) is 11.4 Å². The fourth-order valence-electron chi connectivity index (χ4n) is 1.80. The van der Waals surface area contributed by atoms with Crippen LogP contribution in [0.4, 0.5) is 5.82 Å². The minimum absolute atomic E-state index is 0.310. The van der Waals surface area contributed by atoms with Gasteiger partial charge in [0.1, 0.15) is 11.4 Å². The van der Waals surface area contributed by atoms with Gasteiger partial charge in [-0.25, -0.2) is 14.8 Å². The van der Waals surface area contributed by atoms with E-state index >= 15 is 0 Å². The Morgan fingerprint density at radius 1 is 1.29 bits per heavy atom. The molecule has 0 unspecified atom stereocenters. The molecule has 0 saturated heterocycles. The Morgan fingerprint density at radius 3 is 2.52 bits per heavy atom. The summed E-state index contributed by atoms with van der Waals surface area (Å²) < 4.78 is 5.02. The molecule has 1 aromatic carbocycles. The summed E-state index contributed by atoms with van der Waals surface area (Å²) in [7, 11) is 3.63. The highest BCUT2D eigenvalue weighted by atomic mass is 35.5. The van der Waals surface area contributed by atoms with Crippen LogP contribution in [0.5, 0.6) is 0 Å². The molecular weight excluding hydrogens is 290 g/mol. The number of aromatic nitrogens is 2. The third-order valence-electron chi connectivity index (χ3n) is 2.79. The van der Waals surface area contributed by atoms with E-state index in [9.17, 15) is 4.79 Å². The van der Waals surface area contributed by atoms with Crippen LogP contribution in [0.15, 0.2) is 30.5 Å². The molecule has 21 heavy (non-hydrogen) atoms. The van der Waals surface area contributed by atoms with Crippen molar-refractivity contribution in [2.45, 2.75) is 6.92 Å². The van der Waals surface area contributed by atoms with Gasteiger partial charge < -0.3 is 9.64 Å². The first kappa shape index (κ1) is 15.3. The van der Waals surface area contributed by atoms with Crippen LogP contribution in [0, 0.1) is 0 Å². The lowest BCUT2D eigenvalue weighted by Crippen LogP contribution is -2.18. The summed E-state index contributed by atoms with van der Waals surface area (Å²) in [5.41, 5.74) is 1.18. The molecule has 0 bridgehead atoms. The molecule has 0 aliphatic rings. The van der Waals surface area contributed by atoms with Gasteiger partial charge in [-0.2, -0.15) is 0 Å². The third kappa shape index (κ3) is 3.49. The molecule has 0 N–H and O–H groups in total. The van der Waals surface area contributed by atoms with Gasteiger partial charge in [0.2, 0.25) is 0 Å². The van der Waals surface area contributed by atoms with Crippen molar-refractivity contribution >= 4 is 23.4 Å². The lowest BCUT2D eigenvalue weighted by atomic mass is 10.2. The molecule has 0 saturated carbocycles. The van der Waals surface area contributed by atoms with Crippen LogP contribution in [0.25, 0.3) is 11.4 Å². The van der Waals surface area contributed by atoms with Crippen LogP contribution < -0.4 is 4.90 Å². The van der Waals surface area contributed by atoms with Gasteiger partial charge in [-0.15, -0.1) is 0 Å². The quantitative estimate of drug-likeness (QED) is 0.813. The molecule has 110 valence electrons. The van der Waals surface area contributed by atoms with Gasteiger partial charge in [0.05, 0.1) is 6.61 Å². The Balaban J connectivity index is 2.45. The first-order valence-corrected chi connectivity index (χ1v) is 6.88. The number of ether oxygens (including phenoxy) is 1. The summed E-state index contributed by atoms with van der Waals surface area (Å²) in [5, 5.41) is 0.648. The van der Waals surface area contributed by atoms with Crippen LogP contribution in [0.2, 0.25) is 5.02 Å². The highest BCUT2D eigenvalue weighted by Crippen LogP contribution is 2.23. The van der Waals surface area contributed by atoms with Crippen LogP contribution in [-0.2, 0) is 4.74 Å². The third-order valence-corrected chi connectivity index (χ3v) is 3.04. The van der Waals surface area contributed by atoms with Crippen LogP contribution in [-0.4, -0.2) is 36.6 Å². The normalized spacial score (nSPS) is 10.3. The zero-order valence-corrected chi connectivity index (χ0v) is 12.9. The minimum atomic E-state index is -0.427. The van der Waals surface area contributed by atoms with Crippen LogP contribution in [0.1, 0.15) is 17.3 Å². The van der Waals surface area contributed by atoms with Crippen molar-refractivity contribution in [2.24, 2.45) is 0 Å². The summed E-state index contributed by atoms with van der Waals surface area (Å²) in [6, 6.07) is 7.21. The van der Waals surface area contributed by atoms with E-state index in [4.69, 9.17) is 16.3 Å². The van der Waals surface area contributed by atoms with Gasteiger partial charge in [0, 0.05) is 30.9 Å². The van der Waals surface area contributed by atoms with E-state index < -0.39 is 5.97 Å². The zero-order valence-electron chi connectivity index (χ0n) is 12.1. The molecule has 5 nitrogen and oxygen atoms in total. The van der Waals surface area contributed by atoms with Crippen molar-refractivity contribution < 1.29 is 9.53 Å². The van der Waals surface area contributed by atoms with Crippen molar-refractivity contribution in [1.82, 2.24) is 9.97 Å². The van der Waals surface area contributed by atoms with E-state index in [1.54, 1.807) is 24.0 Å². The van der Waals surface area contributed by atoms with Gasteiger partial charge in [0.15, 0.2) is 5.82 Å². The van der Waals surface area contributed by atoms with E-state index in [2.05, 4.69) is 9.97 Å². The first-order chi connectivity index (χ1) is 10.0. The molecule has 0 aliphatic carbocycles. The van der Waals surface area contributed by atoms with Crippen molar-refractivity contribution in [1.29, 1.82) is 0 Å². The Bertz CT molecular complexity index is 642. The molecule has 0 fully saturated rings. The van der Waals surface area contributed by atoms with Crippen LogP contribution >= 0.6 is 11.6 Å². The maximum absolute atomic E-state index is 11.9. The molecule has 2 rings (SSSR count). The summed E-state index contributed by atoms with van der Waals surface area (Å²) in [6.07, 6.45) is 1.49. The lowest BCUT2D eigenvalue weighted by molar-refractivity contribution is 0.0526. The van der Waals surface area contributed by atoms with E-state index in [1.165, 1.54) is 6.20 Å². The first-order valence-electron chi connectivity index (χ1n) is 6.50. The number of hydrogen-bond acceptors (Lipinski definition) is 5. The zero-order chi connectivity index (χ0) is 15.4. The predicted octanol–water partition coefficient (Wildman–Crippen LogP) is 3.04. The van der Waals surface area contributed by atoms with E-state index in [0.717, 1.165) is 5.56 Å². The molecule has 0 atom stereocenters. The average Bonchev–Trinajstić information content (AvgIpc) is 2.47. The predicted molar refractivity (Wildman–Crippen MR) is 82.8 cm³/mol. The number of anilines is 1. The summed E-state index contributed by atoms with van der Waals surface area (Å²) in [5.74, 6) is 0.626. The average molecular weight is 306 g/mol. The van der Waals surface area contributed by atoms with Crippen LogP contribution in [0.3, 0.4) is 0 Å². The monoisotopic (exact) mass is 305 g/mol. The second-order valence-corrected chi connectivity index (χ2v) is 4.99. The Hall–Kier alpha value is -2.14. The van der Waals surface area contributed by atoms with E-state index in [-0.39, 0.29) is 0 Å². The standard InChI is InChI=1S/C15H16ClN3O2/c1-4-21-15(20)12-9-17-13(18-14(12)19(2)3)10-5-7-11(16)8-6-10/h5-9H,4H2,1-3H3. The van der Waals surface area contributed by atoms with Gasteiger partial charge in [-0.05, 0) is 31.2 Å². The fourth-order valence-corrected chi connectivity index (χ4v) is 1.93. The number of benzene rings is 1. The second-order valence-electron chi connectivity index (χ2n) is 4.55. The lowest BCUT2D eigenvalue weighted by Gasteiger charge is -2.16. The van der Waals surface area contributed by atoms with Crippen molar-refractivity contribution in [3.05, 3.63) is 41.0 Å². The SMILES string of the molecule is CCOC(=O)c1cnc(-c2ccc(Cl)cc2)nc1N(C)C. The Kier molecular flexibility index (Phi) is 4.75. The van der Waals surface area contributed by atoms with E-state index in [0.29, 0.717) is 28.8 Å². The minimum Gasteiger partial charge on any atom is -0.462 e. The molecule has 0 amide bonds. The second kappa shape index (κ2) is 6.54. The molecule has 0 radical (unpaired) electrons. The smallest absolute Gasteiger partial charge is 0.343 e. The summed E-state index contributed by atoms with van der Waals surface area (Å²) >= 11 is 5.87. The highest BCUT2D eigenvalue weighted by molar-refractivity contribution is 6.30. The molecule has 6 heteroatoms. The number of esters is 1. The maximum Gasteiger partial charge on any atom is 0.343 e. The molecule has 0 aliphatic heterocycles. The molecule has 0 spiro atoms. The molecular formula is C15H16ClN3O2. The molecule has 1 aromatic heterocycles. The maximum atomic E-state index is 11.9. The highest BCUT2D eigenvalue weighted by Gasteiger charge is 2.17. The van der Waals surface area contributed by atoms with Gasteiger partial charge in [0.25, 0.3) is 0 Å². The number of rotatable bonds is 4. The Morgan fingerprint density at radius 2 is 1.95 bits per heavy atom. The van der Waals surface area contributed by atoms with Gasteiger partial charge in [-0.3, -0.25) is 0 Å². The summed E-state index contributed by atoms with van der Waals surface area (Å²) in [6.45, 7) is 2.07. The number of halogens is 1. The number of hydrogen-bond donors (Lipinski definition) is 0. The summed E-state index contributed by atoms with van der Waals surface area (Å²) in [4.78, 5) is 22.4. The van der Waals surface area contributed by atoms with Gasteiger partial charge >= 0.3 is 5.97 Å². The Labute approximate surface area is 128 Å². The largest absolute Gasteiger partial charge is 0.462 e.